The normalized spacial score (nSPS) is 11.6. The van der Waals surface area contributed by atoms with E-state index in [4.69, 9.17) is 9.52 Å². The molecule has 10 heteroatoms. The molecule has 0 radical (unpaired) electrons. The Morgan fingerprint density at radius 3 is 2.59 bits per heavy atom. The third kappa shape index (κ3) is 4.51. The SMILES string of the molecule is O=C(O)c1cc2cc(F)c(CNc3ccc(OC(F)(F)F)c(Br)c3)cc2o1. The molecule has 27 heavy (non-hydrogen) atoms. The van der Waals surface area contributed by atoms with Crippen molar-refractivity contribution < 1.29 is 36.6 Å². The number of fused-ring (bicyclic) bond motifs is 1. The molecule has 0 unspecified atom stereocenters. The number of hydrogen-bond acceptors (Lipinski definition) is 4. The van der Waals surface area contributed by atoms with Crippen LogP contribution in [0.3, 0.4) is 0 Å². The first-order chi connectivity index (χ1) is 12.6. The minimum absolute atomic E-state index is 0.00318. The smallest absolute Gasteiger partial charge is 0.475 e. The lowest BCUT2D eigenvalue weighted by Crippen LogP contribution is -2.17. The number of alkyl halides is 3. The average molecular weight is 448 g/mol. The van der Waals surface area contributed by atoms with Gasteiger partial charge >= 0.3 is 12.3 Å². The number of carboxylic acids is 1. The number of hydrogen-bond donors (Lipinski definition) is 2. The second-order valence-corrected chi connectivity index (χ2v) is 6.30. The molecular weight excluding hydrogens is 438 g/mol. The van der Waals surface area contributed by atoms with Gasteiger partial charge < -0.3 is 19.6 Å². The van der Waals surface area contributed by atoms with Crippen LogP contribution >= 0.6 is 15.9 Å². The molecule has 0 aliphatic heterocycles. The van der Waals surface area contributed by atoms with Crippen LogP contribution in [-0.4, -0.2) is 17.4 Å². The summed E-state index contributed by atoms with van der Waals surface area (Å²) < 4.78 is 60.0. The molecule has 2 aromatic carbocycles. The van der Waals surface area contributed by atoms with E-state index in [0.717, 1.165) is 12.1 Å². The molecule has 0 aliphatic rings. The monoisotopic (exact) mass is 447 g/mol. The molecule has 0 aliphatic carbocycles. The zero-order valence-electron chi connectivity index (χ0n) is 13.2. The summed E-state index contributed by atoms with van der Waals surface area (Å²) in [6.07, 6.45) is -4.81. The minimum atomic E-state index is -4.81. The highest BCUT2D eigenvalue weighted by Crippen LogP contribution is 2.32. The molecule has 5 nitrogen and oxygen atoms in total. The summed E-state index contributed by atoms with van der Waals surface area (Å²) in [5.74, 6) is -2.56. The van der Waals surface area contributed by atoms with Crippen molar-refractivity contribution in [1.82, 2.24) is 0 Å². The molecule has 0 amide bonds. The van der Waals surface area contributed by atoms with Gasteiger partial charge in [0.25, 0.3) is 0 Å². The Morgan fingerprint density at radius 2 is 1.96 bits per heavy atom. The maximum absolute atomic E-state index is 14.2. The van der Waals surface area contributed by atoms with Crippen LogP contribution in [0.4, 0.5) is 23.2 Å². The van der Waals surface area contributed by atoms with Crippen molar-refractivity contribution in [1.29, 1.82) is 0 Å². The number of anilines is 1. The summed E-state index contributed by atoms with van der Waals surface area (Å²) in [4.78, 5) is 10.9. The van der Waals surface area contributed by atoms with Crippen molar-refractivity contribution in [2.75, 3.05) is 5.32 Å². The van der Waals surface area contributed by atoms with Crippen LogP contribution < -0.4 is 10.1 Å². The van der Waals surface area contributed by atoms with Crippen LogP contribution in [0, 0.1) is 5.82 Å². The van der Waals surface area contributed by atoms with Gasteiger partial charge in [0.05, 0.1) is 4.47 Å². The van der Waals surface area contributed by atoms with E-state index in [-0.39, 0.29) is 27.9 Å². The largest absolute Gasteiger partial charge is 0.573 e. The predicted molar refractivity (Wildman–Crippen MR) is 91.3 cm³/mol. The lowest BCUT2D eigenvalue weighted by Gasteiger charge is -2.13. The van der Waals surface area contributed by atoms with E-state index in [1.165, 1.54) is 24.3 Å². The van der Waals surface area contributed by atoms with E-state index in [0.29, 0.717) is 11.1 Å². The zero-order valence-corrected chi connectivity index (χ0v) is 14.8. The molecule has 0 spiro atoms. The molecule has 0 atom stereocenters. The first-order valence-electron chi connectivity index (χ1n) is 7.37. The second kappa shape index (κ2) is 7.10. The molecule has 1 aromatic heterocycles. The molecule has 3 rings (SSSR count). The van der Waals surface area contributed by atoms with E-state index < -0.39 is 23.9 Å². The van der Waals surface area contributed by atoms with Gasteiger partial charge in [-0.2, -0.15) is 0 Å². The fraction of sp³-hybridized carbons (Fsp3) is 0.118. The van der Waals surface area contributed by atoms with Gasteiger partial charge in [0.1, 0.15) is 17.1 Å². The van der Waals surface area contributed by atoms with Gasteiger partial charge in [0.2, 0.25) is 5.76 Å². The van der Waals surface area contributed by atoms with E-state index in [1.54, 1.807) is 0 Å². The standard InChI is InChI=1S/C17H10BrF4NO4/c18-11-6-10(1-2-13(11)27-17(20,21)22)23-7-9-5-14-8(3-12(9)19)4-15(26-14)16(24)25/h1-6,23H,7H2,(H,24,25). The predicted octanol–water partition coefficient (Wildman–Crippen LogP) is 5.54. The van der Waals surface area contributed by atoms with Crippen molar-refractivity contribution in [2.45, 2.75) is 12.9 Å². The Labute approximate surface area is 157 Å². The van der Waals surface area contributed by atoms with Crippen molar-refractivity contribution >= 4 is 38.6 Å². The van der Waals surface area contributed by atoms with Gasteiger partial charge in [-0.1, -0.05) is 0 Å². The maximum atomic E-state index is 14.2. The maximum Gasteiger partial charge on any atom is 0.573 e. The molecule has 3 aromatic rings. The number of carboxylic acid groups (broad SMARTS) is 1. The van der Waals surface area contributed by atoms with E-state index in [9.17, 15) is 22.4 Å². The Bertz CT molecular complexity index is 1020. The third-order valence-corrected chi connectivity index (χ3v) is 4.16. The summed E-state index contributed by atoms with van der Waals surface area (Å²) in [6, 6.07) is 7.54. The fourth-order valence-electron chi connectivity index (χ4n) is 2.36. The number of nitrogens with one attached hydrogen (secondary N) is 1. The van der Waals surface area contributed by atoms with Crippen LogP contribution in [0.15, 0.2) is 45.3 Å². The Morgan fingerprint density at radius 1 is 1.22 bits per heavy atom. The van der Waals surface area contributed by atoms with Gasteiger partial charge in [-0.15, -0.1) is 13.2 Å². The molecule has 0 bridgehead atoms. The Balaban J connectivity index is 1.77. The number of carbonyl (C=O) groups is 1. The van der Waals surface area contributed by atoms with Gasteiger partial charge in [0.15, 0.2) is 0 Å². The van der Waals surface area contributed by atoms with Crippen LogP contribution in [-0.2, 0) is 6.54 Å². The summed E-state index contributed by atoms with van der Waals surface area (Å²) in [5, 5.41) is 12.1. The number of ether oxygens (including phenoxy) is 1. The summed E-state index contributed by atoms with van der Waals surface area (Å²) in [7, 11) is 0. The van der Waals surface area contributed by atoms with Gasteiger partial charge in [0, 0.05) is 23.2 Å². The molecule has 1 heterocycles. The van der Waals surface area contributed by atoms with Gasteiger partial charge in [-0.3, -0.25) is 0 Å². The first kappa shape index (κ1) is 19.0. The van der Waals surface area contributed by atoms with E-state index >= 15 is 0 Å². The number of halogens is 5. The highest BCUT2D eigenvalue weighted by atomic mass is 79.9. The van der Waals surface area contributed by atoms with Crippen molar-refractivity contribution in [3.63, 3.8) is 0 Å². The molecule has 0 saturated heterocycles. The first-order valence-corrected chi connectivity index (χ1v) is 8.16. The van der Waals surface area contributed by atoms with E-state index in [1.807, 2.05) is 0 Å². The van der Waals surface area contributed by atoms with Crippen LogP contribution in [0.5, 0.6) is 5.75 Å². The number of rotatable bonds is 5. The molecule has 0 fully saturated rings. The zero-order chi connectivity index (χ0) is 19.8. The molecule has 142 valence electrons. The Hall–Kier alpha value is -2.75. The highest BCUT2D eigenvalue weighted by molar-refractivity contribution is 9.10. The minimum Gasteiger partial charge on any atom is -0.475 e. The summed E-state index contributed by atoms with van der Waals surface area (Å²) >= 11 is 2.98. The fourth-order valence-corrected chi connectivity index (χ4v) is 2.82. The van der Waals surface area contributed by atoms with Crippen molar-refractivity contribution in [3.05, 3.63) is 58.0 Å². The molecule has 0 saturated carbocycles. The lowest BCUT2D eigenvalue weighted by atomic mass is 10.1. The number of benzene rings is 2. The lowest BCUT2D eigenvalue weighted by molar-refractivity contribution is -0.274. The summed E-state index contributed by atoms with van der Waals surface area (Å²) in [5.41, 5.74) is 0.822. The van der Waals surface area contributed by atoms with Crippen LogP contribution in [0.1, 0.15) is 16.1 Å². The quantitative estimate of drug-likeness (QED) is 0.502. The van der Waals surface area contributed by atoms with E-state index in [2.05, 4.69) is 26.0 Å². The van der Waals surface area contributed by atoms with Crippen LogP contribution in [0.25, 0.3) is 11.0 Å². The molecular formula is C17H10BrF4NO4. The van der Waals surface area contributed by atoms with Crippen molar-refractivity contribution in [2.24, 2.45) is 0 Å². The third-order valence-electron chi connectivity index (χ3n) is 3.54. The molecule has 2 N–H and O–H groups in total. The number of furan rings is 1. The van der Waals surface area contributed by atoms with Gasteiger partial charge in [-0.05, 0) is 52.3 Å². The van der Waals surface area contributed by atoms with Gasteiger partial charge in [-0.25, -0.2) is 9.18 Å². The second-order valence-electron chi connectivity index (χ2n) is 5.44. The number of aromatic carboxylic acids is 1. The Kier molecular flexibility index (Phi) is 5.01. The average Bonchev–Trinajstić information content (AvgIpc) is 2.97. The van der Waals surface area contributed by atoms with Crippen molar-refractivity contribution in [3.8, 4) is 5.75 Å². The highest BCUT2D eigenvalue weighted by Gasteiger charge is 2.31. The summed E-state index contributed by atoms with van der Waals surface area (Å²) in [6.45, 7) is -0.00318. The van der Waals surface area contributed by atoms with Crippen LogP contribution in [0.2, 0.25) is 0 Å². The topological polar surface area (TPSA) is 71.7 Å².